The minimum absolute atomic E-state index is 0.171. The predicted molar refractivity (Wildman–Crippen MR) is 66.0 cm³/mol. The van der Waals surface area contributed by atoms with Gasteiger partial charge in [0, 0.05) is 6.42 Å². The lowest BCUT2D eigenvalue weighted by molar-refractivity contribution is -0.137. The van der Waals surface area contributed by atoms with Gasteiger partial charge >= 0.3 is 5.97 Å². The number of benzene rings is 1. The van der Waals surface area contributed by atoms with E-state index < -0.39 is 12.1 Å². The smallest absolute Gasteiger partial charge is 0.303 e. The summed E-state index contributed by atoms with van der Waals surface area (Å²) < 4.78 is 5.33. The van der Waals surface area contributed by atoms with Crippen LogP contribution in [0.5, 0.6) is 0 Å². The third-order valence-corrected chi connectivity index (χ3v) is 3.25. The molecule has 0 spiro atoms. The number of ether oxygens (including phenoxy) is 1. The number of aliphatic hydroxyl groups excluding tert-OH is 1. The van der Waals surface area contributed by atoms with Crippen molar-refractivity contribution in [2.45, 2.75) is 45.0 Å². The minimum Gasteiger partial charge on any atom is -0.481 e. The normalized spacial score (nSPS) is 15.4. The number of carboxylic acid groups (broad SMARTS) is 1. The summed E-state index contributed by atoms with van der Waals surface area (Å²) in [7, 11) is 0. The highest BCUT2D eigenvalue weighted by Gasteiger charge is 2.14. The minimum atomic E-state index is -0.779. The number of hydrogen-bond donors (Lipinski definition) is 2. The first-order chi connectivity index (χ1) is 8.66. The molecule has 1 heterocycles. The van der Waals surface area contributed by atoms with E-state index in [0.29, 0.717) is 26.1 Å². The first-order valence-corrected chi connectivity index (χ1v) is 6.26. The Morgan fingerprint density at radius 2 is 2.06 bits per heavy atom. The van der Waals surface area contributed by atoms with Crippen LogP contribution in [-0.4, -0.2) is 16.2 Å². The van der Waals surface area contributed by atoms with Gasteiger partial charge in [-0.25, -0.2) is 0 Å². The second-order valence-corrected chi connectivity index (χ2v) is 4.68. The molecule has 0 fully saturated rings. The number of carboxylic acids is 1. The molecule has 0 saturated carbocycles. The van der Waals surface area contributed by atoms with Gasteiger partial charge in [0.15, 0.2) is 0 Å². The van der Waals surface area contributed by atoms with E-state index in [1.54, 1.807) is 0 Å². The molecule has 1 unspecified atom stereocenters. The molecule has 4 nitrogen and oxygen atoms in total. The summed E-state index contributed by atoms with van der Waals surface area (Å²) in [6.45, 7) is 1.28. The second-order valence-electron chi connectivity index (χ2n) is 4.68. The Morgan fingerprint density at radius 1 is 1.28 bits per heavy atom. The number of unbranched alkanes of at least 4 members (excludes halogenated alkanes) is 1. The van der Waals surface area contributed by atoms with Crippen molar-refractivity contribution in [2.24, 2.45) is 0 Å². The lowest BCUT2D eigenvalue weighted by atomic mass is 9.99. The molecule has 0 aromatic heterocycles. The molecule has 0 bridgehead atoms. The van der Waals surface area contributed by atoms with Gasteiger partial charge in [0.25, 0.3) is 0 Å². The molecule has 0 saturated heterocycles. The zero-order chi connectivity index (χ0) is 13.0. The molecule has 1 aliphatic heterocycles. The lowest BCUT2D eigenvalue weighted by Crippen LogP contribution is -2.00. The van der Waals surface area contributed by atoms with Crippen molar-refractivity contribution in [3.8, 4) is 0 Å². The molecule has 1 aliphatic rings. The number of rotatable bonds is 6. The average Bonchev–Trinajstić information content (AvgIpc) is 2.81. The van der Waals surface area contributed by atoms with Crippen molar-refractivity contribution in [2.75, 3.05) is 0 Å². The van der Waals surface area contributed by atoms with Crippen LogP contribution < -0.4 is 0 Å². The van der Waals surface area contributed by atoms with E-state index in [0.717, 1.165) is 17.5 Å². The summed E-state index contributed by atoms with van der Waals surface area (Å²) in [5, 5.41) is 18.6. The molecule has 1 aromatic rings. The summed E-state index contributed by atoms with van der Waals surface area (Å²) in [5.41, 5.74) is 3.24. The Labute approximate surface area is 106 Å². The van der Waals surface area contributed by atoms with Crippen molar-refractivity contribution in [1.29, 1.82) is 0 Å². The third kappa shape index (κ3) is 3.31. The molecular weight excluding hydrogens is 232 g/mol. The van der Waals surface area contributed by atoms with Crippen LogP contribution in [0.4, 0.5) is 0 Å². The van der Waals surface area contributed by atoms with E-state index in [2.05, 4.69) is 0 Å². The monoisotopic (exact) mass is 250 g/mol. The van der Waals surface area contributed by atoms with Crippen molar-refractivity contribution < 1.29 is 19.7 Å². The van der Waals surface area contributed by atoms with Crippen LogP contribution >= 0.6 is 0 Å². The summed E-state index contributed by atoms with van der Waals surface area (Å²) in [4.78, 5) is 10.4. The summed E-state index contributed by atoms with van der Waals surface area (Å²) in [5.74, 6) is -0.779. The molecule has 1 atom stereocenters. The van der Waals surface area contributed by atoms with Crippen molar-refractivity contribution >= 4 is 5.97 Å². The fraction of sp³-hybridized carbons (Fsp3) is 0.500. The molecular formula is C14H18O4. The molecule has 0 amide bonds. The van der Waals surface area contributed by atoms with Gasteiger partial charge in [-0.2, -0.15) is 0 Å². The van der Waals surface area contributed by atoms with E-state index in [9.17, 15) is 9.90 Å². The maximum absolute atomic E-state index is 10.4. The fourth-order valence-corrected chi connectivity index (χ4v) is 2.18. The van der Waals surface area contributed by atoms with Crippen LogP contribution in [0.25, 0.3) is 0 Å². The Morgan fingerprint density at radius 3 is 2.83 bits per heavy atom. The average molecular weight is 250 g/mol. The zero-order valence-corrected chi connectivity index (χ0v) is 10.3. The molecule has 0 aliphatic carbocycles. The van der Waals surface area contributed by atoms with Crippen molar-refractivity contribution in [3.63, 3.8) is 0 Å². The van der Waals surface area contributed by atoms with Gasteiger partial charge in [0.2, 0.25) is 0 Å². The molecule has 18 heavy (non-hydrogen) atoms. The van der Waals surface area contributed by atoms with Gasteiger partial charge in [-0.15, -0.1) is 0 Å². The van der Waals surface area contributed by atoms with Gasteiger partial charge in [-0.3, -0.25) is 4.79 Å². The third-order valence-electron chi connectivity index (χ3n) is 3.25. The number of aliphatic carboxylic acids is 1. The molecule has 98 valence electrons. The van der Waals surface area contributed by atoms with Crippen LogP contribution in [0.2, 0.25) is 0 Å². The van der Waals surface area contributed by atoms with E-state index in [-0.39, 0.29) is 6.42 Å². The Bertz CT molecular complexity index is 428. The van der Waals surface area contributed by atoms with E-state index in [1.807, 2.05) is 18.2 Å². The van der Waals surface area contributed by atoms with Gasteiger partial charge in [-0.05, 0) is 36.0 Å². The van der Waals surface area contributed by atoms with Crippen LogP contribution in [0.15, 0.2) is 18.2 Å². The van der Waals surface area contributed by atoms with Gasteiger partial charge in [-0.1, -0.05) is 18.2 Å². The SMILES string of the molecule is O=C(O)CCCCC(O)c1ccc2c(c1)COC2. The Hall–Kier alpha value is -1.39. The van der Waals surface area contributed by atoms with Crippen LogP contribution in [0.3, 0.4) is 0 Å². The van der Waals surface area contributed by atoms with E-state index >= 15 is 0 Å². The Balaban J connectivity index is 1.85. The quantitative estimate of drug-likeness (QED) is 0.761. The summed E-state index contributed by atoms with van der Waals surface area (Å²) >= 11 is 0. The van der Waals surface area contributed by atoms with E-state index in [4.69, 9.17) is 9.84 Å². The number of aliphatic hydroxyl groups is 1. The van der Waals surface area contributed by atoms with Gasteiger partial charge in [0.05, 0.1) is 19.3 Å². The lowest BCUT2D eigenvalue weighted by Gasteiger charge is -2.11. The van der Waals surface area contributed by atoms with Crippen molar-refractivity contribution in [3.05, 3.63) is 34.9 Å². The molecule has 0 radical (unpaired) electrons. The largest absolute Gasteiger partial charge is 0.481 e. The topological polar surface area (TPSA) is 66.8 Å². The van der Waals surface area contributed by atoms with Crippen LogP contribution in [-0.2, 0) is 22.7 Å². The standard InChI is InChI=1S/C14H18O4/c15-13(3-1-2-4-14(16)17)10-5-6-11-8-18-9-12(11)7-10/h5-7,13,15H,1-4,8-9H2,(H,16,17). The maximum Gasteiger partial charge on any atom is 0.303 e. The van der Waals surface area contributed by atoms with Gasteiger partial charge < -0.3 is 14.9 Å². The highest BCUT2D eigenvalue weighted by Crippen LogP contribution is 2.26. The van der Waals surface area contributed by atoms with E-state index in [1.165, 1.54) is 5.56 Å². The summed E-state index contributed by atoms with van der Waals surface area (Å²) in [6, 6.07) is 5.91. The molecule has 4 heteroatoms. The van der Waals surface area contributed by atoms with Crippen LogP contribution in [0.1, 0.15) is 48.5 Å². The molecule has 1 aromatic carbocycles. The molecule has 2 rings (SSSR count). The van der Waals surface area contributed by atoms with Crippen molar-refractivity contribution in [1.82, 2.24) is 0 Å². The predicted octanol–water partition coefficient (Wildman–Crippen LogP) is 2.40. The second kappa shape index (κ2) is 5.98. The Kier molecular flexibility index (Phi) is 4.33. The highest BCUT2D eigenvalue weighted by atomic mass is 16.5. The zero-order valence-electron chi connectivity index (χ0n) is 10.3. The maximum atomic E-state index is 10.4. The number of hydrogen-bond acceptors (Lipinski definition) is 3. The molecule has 2 N–H and O–H groups in total. The van der Waals surface area contributed by atoms with Gasteiger partial charge in [0.1, 0.15) is 0 Å². The number of carbonyl (C=O) groups is 1. The first kappa shape index (κ1) is 13.1. The summed E-state index contributed by atoms with van der Waals surface area (Å²) in [6.07, 6.45) is 1.60. The fourth-order valence-electron chi connectivity index (χ4n) is 2.18. The highest BCUT2D eigenvalue weighted by molar-refractivity contribution is 5.66. The number of fused-ring (bicyclic) bond motifs is 1. The van der Waals surface area contributed by atoms with Crippen LogP contribution in [0, 0.1) is 0 Å². The first-order valence-electron chi connectivity index (χ1n) is 6.26.